The van der Waals surface area contributed by atoms with Gasteiger partial charge in [-0.25, -0.2) is 13.8 Å². The number of amides is 2. The maximum atomic E-state index is 14.9. The second-order valence-electron chi connectivity index (χ2n) is 10.1. The molecule has 0 radical (unpaired) electrons. The normalized spacial score (nSPS) is 21.8. The minimum absolute atomic E-state index is 0.0335. The van der Waals surface area contributed by atoms with E-state index in [4.69, 9.17) is 9.84 Å². The first kappa shape index (κ1) is 28.1. The zero-order valence-corrected chi connectivity index (χ0v) is 21.8. The summed E-state index contributed by atoms with van der Waals surface area (Å²) in [5, 5.41) is 31.0. The molecule has 1 aliphatic heterocycles. The Morgan fingerprint density at radius 1 is 1.22 bits per heavy atom. The van der Waals surface area contributed by atoms with Crippen molar-refractivity contribution in [1.82, 2.24) is 14.9 Å². The third-order valence-electron chi connectivity index (χ3n) is 7.26. The van der Waals surface area contributed by atoms with Gasteiger partial charge in [0.05, 0.1) is 18.7 Å². The number of nitrogens with one attached hydrogen (secondary N) is 1. The molecule has 1 aliphatic carbocycles. The fraction of sp³-hybridized carbons (Fsp3) is 0.345. The molecule has 4 atom stereocenters. The van der Waals surface area contributed by atoms with Crippen LogP contribution in [0.15, 0.2) is 61.1 Å². The van der Waals surface area contributed by atoms with E-state index < -0.39 is 37.2 Å². The third-order valence-corrected chi connectivity index (χ3v) is 7.26. The number of halogens is 2. The van der Waals surface area contributed by atoms with Crippen molar-refractivity contribution in [2.45, 2.75) is 36.9 Å². The van der Waals surface area contributed by atoms with E-state index in [1.165, 1.54) is 18.3 Å². The van der Waals surface area contributed by atoms with Crippen LogP contribution in [-0.4, -0.2) is 74.7 Å². The lowest BCUT2D eigenvalue weighted by atomic mass is 10.0. The van der Waals surface area contributed by atoms with Crippen LogP contribution in [0, 0.1) is 17.2 Å². The number of alkyl halides is 2. The molecule has 2 aromatic heterocycles. The quantitative estimate of drug-likeness (QED) is 0.379. The Morgan fingerprint density at radius 3 is 2.73 bits per heavy atom. The Labute approximate surface area is 234 Å². The van der Waals surface area contributed by atoms with Crippen LogP contribution in [0.4, 0.5) is 14.6 Å². The van der Waals surface area contributed by atoms with Gasteiger partial charge in [-0.3, -0.25) is 14.6 Å². The molecule has 212 valence electrons. The molecule has 0 spiro atoms. The van der Waals surface area contributed by atoms with Crippen molar-refractivity contribution < 1.29 is 33.3 Å². The maximum Gasteiger partial charge on any atom is 0.301 e. The smallest absolute Gasteiger partial charge is 0.301 e. The van der Waals surface area contributed by atoms with Gasteiger partial charge in [-0.2, -0.15) is 5.26 Å². The summed E-state index contributed by atoms with van der Waals surface area (Å²) in [5.74, 6) is -4.33. The minimum atomic E-state index is -3.45. The average Bonchev–Trinajstić information content (AvgIpc) is 3.79. The highest BCUT2D eigenvalue weighted by Gasteiger charge is 2.48. The molecular formula is C29H27F2N5O5. The molecule has 2 fully saturated rings. The molecule has 0 unspecified atom stereocenters. The van der Waals surface area contributed by atoms with E-state index in [-0.39, 0.29) is 42.0 Å². The summed E-state index contributed by atoms with van der Waals surface area (Å²) in [6.45, 7) is -1.95. The molecule has 3 aromatic rings. The Morgan fingerprint density at radius 2 is 2.02 bits per heavy atom. The van der Waals surface area contributed by atoms with Crippen LogP contribution in [-0.2, 0) is 9.59 Å². The van der Waals surface area contributed by atoms with Crippen molar-refractivity contribution in [2.75, 3.05) is 25.0 Å². The number of pyridine rings is 2. The van der Waals surface area contributed by atoms with E-state index in [1.54, 1.807) is 30.6 Å². The summed E-state index contributed by atoms with van der Waals surface area (Å²) in [4.78, 5) is 33.9. The van der Waals surface area contributed by atoms with E-state index in [1.807, 2.05) is 18.2 Å². The van der Waals surface area contributed by atoms with E-state index in [2.05, 4.69) is 15.3 Å². The Kier molecular flexibility index (Phi) is 7.92. The number of carbonyl (C=O) groups is 2. The topological polar surface area (TPSA) is 149 Å². The highest BCUT2D eigenvalue weighted by Crippen LogP contribution is 2.47. The molecule has 1 saturated carbocycles. The molecule has 0 bridgehead atoms. The number of hydrogen-bond donors (Lipinski definition) is 3. The number of likely N-dealkylation sites (tertiary alicyclic amines) is 1. The number of carbonyl (C=O) groups excluding carboxylic acids is 2. The summed E-state index contributed by atoms with van der Waals surface area (Å²) in [6, 6.07) is 13.7. The molecule has 3 heterocycles. The first-order valence-corrected chi connectivity index (χ1v) is 13.0. The predicted octanol–water partition coefficient (Wildman–Crippen LogP) is 2.73. The zero-order valence-electron chi connectivity index (χ0n) is 21.8. The van der Waals surface area contributed by atoms with Gasteiger partial charge in [-0.1, -0.05) is 12.1 Å². The highest BCUT2D eigenvalue weighted by molar-refractivity contribution is 5.95. The lowest BCUT2D eigenvalue weighted by Gasteiger charge is -2.38. The predicted molar refractivity (Wildman–Crippen MR) is 142 cm³/mol. The van der Waals surface area contributed by atoms with Gasteiger partial charge in [-0.05, 0) is 59.4 Å². The average molecular weight is 564 g/mol. The van der Waals surface area contributed by atoms with Crippen LogP contribution in [0.2, 0.25) is 0 Å². The van der Waals surface area contributed by atoms with Crippen LogP contribution < -0.4 is 10.1 Å². The SMILES string of the molecule is N#Cc1cc(-c2ccnc(NC(=O)[C@H]3C[C@@H]3c3cccnc3)c2)ccc1O[C@H]1CCN(C(=O)[C@@H](O)CO)CC1(F)F. The number of aliphatic hydroxyl groups is 2. The van der Waals surface area contributed by atoms with Crippen molar-refractivity contribution in [3.63, 3.8) is 0 Å². The molecule has 10 nitrogen and oxygen atoms in total. The summed E-state index contributed by atoms with van der Waals surface area (Å²) in [7, 11) is 0. The number of anilines is 1. The van der Waals surface area contributed by atoms with Gasteiger partial charge < -0.3 is 25.2 Å². The first-order chi connectivity index (χ1) is 19.7. The van der Waals surface area contributed by atoms with Crippen LogP contribution >= 0.6 is 0 Å². The molecule has 1 aromatic carbocycles. The van der Waals surface area contributed by atoms with Crippen LogP contribution in [0.1, 0.15) is 29.9 Å². The fourth-order valence-electron chi connectivity index (χ4n) is 4.94. The first-order valence-electron chi connectivity index (χ1n) is 13.0. The third kappa shape index (κ3) is 6.16. The number of aliphatic hydroxyl groups excluding tert-OH is 2. The van der Waals surface area contributed by atoms with Crippen LogP contribution in [0.5, 0.6) is 5.75 Å². The number of rotatable bonds is 8. The number of aromatic nitrogens is 2. The minimum Gasteiger partial charge on any atom is -0.483 e. The maximum absolute atomic E-state index is 14.9. The van der Waals surface area contributed by atoms with E-state index in [0.717, 1.165) is 16.9 Å². The summed E-state index contributed by atoms with van der Waals surface area (Å²) >= 11 is 0. The van der Waals surface area contributed by atoms with Crippen molar-refractivity contribution in [3.05, 3.63) is 72.2 Å². The molecule has 12 heteroatoms. The number of hydrogen-bond acceptors (Lipinski definition) is 8. The number of nitriles is 1. The molecule has 3 N–H and O–H groups in total. The van der Waals surface area contributed by atoms with Gasteiger partial charge >= 0.3 is 5.92 Å². The van der Waals surface area contributed by atoms with Crippen molar-refractivity contribution >= 4 is 17.6 Å². The molecule has 5 rings (SSSR count). The van der Waals surface area contributed by atoms with Gasteiger partial charge in [0, 0.05) is 37.5 Å². The summed E-state index contributed by atoms with van der Waals surface area (Å²) in [5.41, 5.74) is 2.29. The van der Waals surface area contributed by atoms with E-state index in [9.17, 15) is 28.7 Å². The Bertz CT molecular complexity index is 1480. The number of nitrogens with zero attached hydrogens (tertiary/aromatic N) is 4. The van der Waals surface area contributed by atoms with Crippen molar-refractivity contribution in [3.8, 4) is 22.9 Å². The van der Waals surface area contributed by atoms with Gasteiger partial charge in [0.25, 0.3) is 5.91 Å². The van der Waals surface area contributed by atoms with Gasteiger partial charge in [0.15, 0.2) is 12.2 Å². The molecule has 1 saturated heterocycles. The molecule has 2 aliphatic rings. The van der Waals surface area contributed by atoms with Gasteiger partial charge in [0.1, 0.15) is 17.6 Å². The fourth-order valence-corrected chi connectivity index (χ4v) is 4.94. The van der Waals surface area contributed by atoms with Crippen molar-refractivity contribution in [2.24, 2.45) is 5.92 Å². The molecular weight excluding hydrogens is 536 g/mol. The summed E-state index contributed by atoms with van der Waals surface area (Å²) < 4.78 is 35.3. The molecule has 41 heavy (non-hydrogen) atoms. The zero-order chi connectivity index (χ0) is 29.1. The second-order valence-corrected chi connectivity index (χ2v) is 10.1. The second kappa shape index (κ2) is 11.6. The van der Waals surface area contributed by atoms with Crippen LogP contribution in [0.3, 0.4) is 0 Å². The monoisotopic (exact) mass is 563 g/mol. The number of ether oxygens (including phenoxy) is 1. The lowest BCUT2D eigenvalue weighted by molar-refractivity contribution is -0.167. The van der Waals surface area contributed by atoms with E-state index in [0.29, 0.717) is 16.9 Å². The number of piperidine rings is 1. The Balaban J connectivity index is 1.25. The van der Waals surface area contributed by atoms with E-state index >= 15 is 0 Å². The summed E-state index contributed by atoms with van der Waals surface area (Å²) in [6.07, 6.45) is 2.09. The van der Waals surface area contributed by atoms with Crippen molar-refractivity contribution in [1.29, 1.82) is 5.26 Å². The van der Waals surface area contributed by atoms with Crippen LogP contribution in [0.25, 0.3) is 11.1 Å². The highest BCUT2D eigenvalue weighted by atomic mass is 19.3. The van der Waals surface area contributed by atoms with Gasteiger partial charge in [0.2, 0.25) is 5.91 Å². The lowest BCUT2D eigenvalue weighted by Crippen LogP contribution is -2.57. The van der Waals surface area contributed by atoms with Gasteiger partial charge in [-0.15, -0.1) is 0 Å². The molecule has 2 amide bonds. The standard InChI is InChI=1S/C29H27F2N5O5/c30-29(31)16-36(28(40)23(38)15-37)9-6-25(29)41-24-4-3-17(10-20(24)13-32)18-5-8-34-26(11-18)35-27(39)22-12-21(22)19-2-1-7-33-14-19/h1-5,7-8,10-11,14,21-23,25,37-38H,6,9,12,15-16H2,(H,34,35,39)/t21-,22+,23+,25+/m1/s1. The Hall–Kier alpha value is -4.47. The largest absolute Gasteiger partial charge is 0.483 e. The number of benzene rings is 1.